The Morgan fingerprint density at radius 2 is 1.61 bits per heavy atom. The molecule has 200 valence electrons. The molecule has 0 saturated carbocycles. The van der Waals surface area contributed by atoms with E-state index in [-0.39, 0.29) is 17.5 Å². The number of alkyl halides is 4. The highest BCUT2D eigenvalue weighted by Gasteiger charge is 2.45. The number of rotatable bonds is 10. The molecule has 0 fully saturated rings. The fraction of sp³-hybridized carbons (Fsp3) is 0.192. The number of hydrogen-bond acceptors (Lipinski definition) is 5. The summed E-state index contributed by atoms with van der Waals surface area (Å²) in [6, 6.07) is 14.7. The Balaban J connectivity index is 2.32. The lowest BCUT2D eigenvalue weighted by Gasteiger charge is -2.37. The molecule has 1 amide bonds. The van der Waals surface area contributed by atoms with Crippen molar-refractivity contribution < 1.29 is 41.0 Å². The Labute approximate surface area is 212 Å². The molecule has 12 heteroatoms. The van der Waals surface area contributed by atoms with Crippen molar-refractivity contribution in [3.63, 3.8) is 0 Å². The molecule has 0 aliphatic rings. The van der Waals surface area contributed by atoms with Crippen LogP contribution >= 0.6 is 0 Å². The highest BCUT2D eigenvalue weighted by molar-refractivity contribution is 5.94. The average Bonchev–Trinajstić information content (AvgIpc) is 2.84. The van der Waals surface area contributed by atoms with Crippen molar-refractivity contribution in [3.8, 4) is 5.75 Å². The number of amides is 1. The maximum absolute atomic E-state index is 14.7. The molecule has 0 saturated heterocycles. The molecule has 0 radical (unpaired) electrons. The molecule has 0 aliphatic carbocycles. The maximum Gasteiger partial charge on any atom is 0.461 e. The predicted octanol–water partition coefficient (Wildman–Crippen LogP) is 6.36. The van der Waals surface area contributed by atoms with Crippen LogP contribution in [0, 0.1) is 16.5 Å². The smallest absolute Gasteiger partial charge is 0.461 e. The quantitative estimate of drug-likeness (QED) is 0.136. The number of carbonyl (C=O) groups excluding carboxylic acids is 1. The number of ether oxygens (including phenoxy) is 1. The number of aliphatic hydroxyl groups is 1. The number of nitrogens with zero attached hydrogens (tertiary/aromatic N) is 1. The van der Waals surface area contributed by atoms with Gasteiger partial charge in [-0.05, 0) is 53.1 Å². The molecule has 3 aromatic rings. The van der Waals surface area contributed by atoms with Crippen LogP contribution in [0.3, 0.4) is 0 Å². The van der Waals surface area contributed by atoms with E-state index in [1.54, 1.807) is 30.3 Å². The summed E-state index contributed by atoms with van der Waals surface area (Å²) in [6.07, 6.45) is -9.45. The van der Waals surface area contributed by atoms with Gasteiger partial charge in [-0.3, -0.25) is 4.79 Å². The molecule has 0 aliphatic heterocycles. The first kappa shape index (κ1) is 28.2. The third kappa shape index (κ3) is 6.31. The Morgan fingerprint density at radius 1 is 0.974 bits per heavy atom. The second kappa shape index (κ2) is 11.4. The summed E-state index contributed by atoms with van der Waals surface area (Å²) in [5.41, 5.74) is -2.61. The summed E-state index contributed by atoms with van der Waals surface area (Å²) in [6.45, 7) is 1.01. The van der Waals surface area contributed by atoms with E-state index < -0.39 is 52.8 Å². The van der Waals surface area contributed by atoms with Gasteiger partial charge in [-0.1, -0.05) is 42.5 Å². The lowest BCUT2D eigenvalue weighted by Crippen LogP contribution is -2.49. The highest BCUT2D eigenvalue weighted by Crippen LogP contribution is 2.38. The summed E-state index contributed by atoms with van der Waals surface area (Å²) >= 11 is 0. The Bertz CT molecular complexity index is 1330. The number of nitroso groups, excluding NO2 is 1. The number of benzene rings is 3. The Kier molecular flexibility index (Phi) is 8.44. The lowest BCUT2D eigenvalue weighted by atomic mass is 9.77. The largest absolute Gasteiger partial charge is 0.510 e. The minimum Gasteiger partial charge on any atom is -0.510 e. The fourth-order valence-corrected chi connectivity index (χ4v) is 3.79. The van der Waals surface area contributed by atoms with Crippen LogP contribution in [0.5, 0.6) is 5.75 Å². The number of nitrogens with one attached hydrogen (secondary N) is 1. The maximum atomic E-state index is 14.7. The van der Waals surface area contributed by atoms with Crippen molar-refractivity contribution in [2.45, 2.75) is 31.4 Å². The molecule has 2 N–H and O–H groups in total. The summed E-state index contributed by atoms with van der Waals surface area (Å²) in [5.74, 6) is -4.88. The van der Waals surface area contributed by atoms with Gasteiger partial charge in [0.2, 0.25) is 5.70 Å². The molecule has 0 aromatic heterocycles. The van der Waals surface area contributed by atoms with Gasteiger partial charge in [-0.25, -0.2) is 8.78 Å². The van der Waals surface area contributed by atoms with Gasteiger partial charge in [0.15, 0.2) is 0 Å². The summed E-state index contributed by atoms with van der Waals surface area (Å²) in [4.78, 5) is 24.3. The van der Waals surface area contributed by atoms with Crippen molar-refractivity contribution in [1.82, 2.24) is 5.32 Å². The Hall–Kier alpha value is -4.35. The van der Waals surface area contributed by atoms with Gasteiger partial charge < -0.3 is 15.2 Å². The SMILES string of the molecule is CC(O)=C(N=O)C(=O)N[C@](Cc1ccccc1)(c1ccc(F)cc1)c1cc(F)cc(OC(F)(F)C(F)F)c1. The molecular weight excluding hydrogens is 518 g/mol. The number of aliphatic hydroxyl groups excluding tert-OH is 1. The van der Waals surface area contributed by atoms with Crippen LogP contribution in [0.2, 0.25) is 0 Å². The van der Waals surface area contributed by atoms with Crippen LogP contribution < -0.4 is 10.1 Å². The van der Waals surface area contributed by atoms with E-state index in [1.165, 1.54) is 12.1 Å². The van der Waals surface area contributed by atoms with Crippen LogP contribution in [-0.2, 0) is 16.8 Å². The second-order valence-corrected chi connectivity index (χ2v) is 8.19. The second-order valence-electron chi connectivity index (χ2n) is 8.19. The van der Waals surface area contributed by atoms with E-state index in [4.69, 9.17) is 0 Å². The first-order valence-corrected chi connectivity index (χ1v) is 10.9. The first-order chi connectivity index (χ1) is 17.9. The summed E-state index contributed by atoms with van der Waals surface area (Å²) in [7, 11) is 0. The van der Waals surface area contributed by atoms with E-state index >= 15 is 0 Å². The van der Waals surface area contributed by atoms with Crippen molar-refractivity contribution in [2.24, 2.45) is 5.18 Å². The zero-order valence-corrected chi connectivity index (χ0v) is 19.6. The van der Waals surface area contributed by atoms with Gasteiger partial charge in [-0.15, -0.1) is 4.91 Å². The van der Waals surface area contributed by atoms with Gasteiger partial charge in [0.25, 0.3) is 5.91 Å². The molecule has 0 heterocycles. The van der Waals surface area contributed by atoms with E-state index in [0.29, 0.717) is 11.6 Å². The zero-order chi connectivity index (χ0) is 28.1. The van der Waals surface area contributed by atoms with E-state index in [2.05, 4.69) is 15.2 Å². The third-order valence-corrected chi connectivity index (χ3v) is 5.50. The first-order valence-electron chi connectivity index (χ1n) is 10.9. The van der Waals surface area contributed by atoms with Gasteiger partial charge in [-0.2, -0.15) is 17.6 Å². The van der Waals surface area contributed by atoms with Crippen LogP contribution in [0.25, 0.3) is 0 Å². The normalized spacial score (nSPS) is 13.9. The van der Waals surface area contributed by atoms with Crippen molar-refractivity contribution in [2.75, 3.05) is 0 Å². The monoisotopic (exact) mass is 538 g/mol. The van der Waals surface area contributed by atoms with Gasteiger partial charge in [0.05, 0.1) is 5.54 Å². The van der Waals surface area contributed by atoms with Gasteiger partial charge in [0, 0.05) is 12.5 Å². The summed E-state index contributed by atoms with van der Waals surface area (Å²) in [5, 5.41) is 14.7. The van der Waals surface area contributed by atoms with E-state index in [1.807, 2.05) is 0 Å². The minimum atomic E-state index is -4.97. The van der Waals surface area contributed by atoms with Crippen LogP contribution in [0.15, 0.2) is 89.4 Å². The standard InChI is InChI=1S/C26H20F6N2O4/c1-15(35)22(34-37)23(36)33-25(14-16-5-3-2-4-6-16,17-7-9-19(27)10-8-17)18-11-20(28)13-21(12-18)38-26(31,32)24(29)30/h2-13,24,35H,14H2,1H3,(H,33,36)/t25-/m1/s1. The molecule has 6 nitrogen and oxygen atoms in total. The van der Waals surface area contributed by atoms with Crippen LogP contribution in [0.4, 0.5) is 26.3 Å². The zero-order valence-electron chi connectivity index (χ0n) is 19.6. The lowest BCUT2D eigenvalue weighted by molar-refractivity contribution is -0.253. The summed E-state index contributed by atoms with van der Waals surface area (Å²) < 4.78 is 85.5. The molecule has 3 rings (SSSR count). The number of hydrogen-bond donors (Lipinski definition) is 2. The molecule has 0 spiro atoms. The number of halogens is 6. The van der Waals surface area contributed by atoms with E-state index in [9.17, 15) is 41.2 Å². The topological polar surface area (TPSA) is 88.0 Å². The Morgan fingerprint density at radius 3 is 2.16 bits per heavy atom. The fourth-order valence-electron chi connectivity index (χ4n) is 3.79. The molecule has 38 heavy (non-hydrogen) atoms. The van der Waals surface area contributed by atoms with Gasteiger partial charge in [0.1, 0.15) is 23.1 Å². The number of carbonyl (C=O) groups is 1. The van der Waals surface area contributed by atoms with Crippen molar-refractivity contribution in [3.05, 3.63) is 117 Å². The molecule has 0 unspecified atom stereocenters. The predicted molar refractivity (Wildman–Crippen MR) is 125 cm³/mol. The third-order valence-electron chi connectivity index (χ3n) is 5.50. The minimum absolute atomic E-state index is 0.0779. The molecule has 3 aromatic carbocycles. The number of allylic oxidation sites excluding steroid dienone is 1. The van der Waals surface area contributed by atoms with Crippen LogP contribution in [0.1, 0.15) is 23.6 Å². The van der Waals surface area contributed by atoms with Gasteiger partial charge >= 0.3 is 12.5 Å². The highest BCUT2D eigenvalue weighted by atomic mass is 19.3. The molecular formula is C26H20F6N2O4. The molecule has 1 atom stereocenters. The van der Waals surface area contributed by atoms with Crippen molar-refractivity contribution in [1.29, 1.82) is 0 Å². The molecule has 0 bridgehead atoms. The average molecular weight is 538 g/mol. The van der Waals surface area contributed by atoms with Crippen LogP contribution in [-0.4, -0.2) is 23.5 Å². The van der Waals surface area contributed by atoms with Crippen molar-refractivity contribution >= 4 is 5.91 Å². The van der Waals surface area contributed by atoms with E-state index in [0.717, 1.165) is 31.2 Å².